The molecule has 0 fully saturated rings. The summed E-state index contributed by atoms with van der Waals surface area (Å²) in [5, 5.41) is 0. The molecule has 1 aliphatic rings. The number of nitrogens with zero attached hydrogens (tertiary/aromatic N) is 2. The SMILES string of the molecule is CCCCCC(=O)N(c1ccccc1)[C@@H]1C[C@@H](C)N(C(=O)c2cccc(F)c2)c2ccccc21. The number of hydrogen-bond acceptors (Lipinski definition) is 2. The van der Waals surface area contributed by atoms with E-state index in [1.165, 1.54) is 12.1 Å². The van der Waals surface area contributed by atoms with Gasteiger partial charge >= 0.3 is 0 Å². The predicted molar refractivity (Wildman–Crippen MR) is 135 cm³/mol. The van der Waals surface area contributed by atoms with Crippen molar-refractivity contribution in [2.24, 2.45) is 0 Å². The summed E-state index contributed by atoms with van der Waals surface area (Å²) in [6.45, 7) is 4.12. The maximum absolute atomic E-state index is 13.8. The molecule has 4 rings (SSSR count). The molecule has 0 spiro atoms. The van der Waals surface area contributed by atoms with Gasteiger partial charge in [0.1, 0.15) is 5.82 Å². The van der Waals surface area contributed by atoms with Crippen molar-refractivity contribution in [2.75, 3.05) is 9.80 Å². The average molecular weight is 459 g/mol. The first kappa shape index (κ1) is 23.7. The highest BCUT2D eigenvalue weighted by molar-refractivity contribution is 6.07. The van der Waals surface area contributed by atoms with Crippen molar-refractivity contribution in [2.45, 2.75) is 58.0 Å². The van der Waals surface area contributed by atoms with Gasteiger partial charge in [0.2, 0.25) is 5.91 Å². The molecule has 4 nitrogen and oxygen atoms in total. The van der Waals surface area contributed by atoms with Crippen LogP contribution >= 0.6 is 0 Å². The summed E-state index contributed by atoms with van der Waals surface area (Å²) in [7, 11) is 0. The number of para-hydroxylation sites is 2. The summed E-state index contributed by atoms with van der Waals surface area (Å²) in [5.74, 6) is -0.579. The minimum atomic E-state index is -0.436. The number of carbonyl (C=O) groups is 2. The first-order valence-electron chi connectivity index (χ1n) is 12.1. The number of amides is 2. The monoisotopic (exact) mass is 458 g/mol. The predicted octanol–water partition coefficient (Wildman–Crippen LogP) is 6.92. The molecule has 2 atom stereocenters. The lowest BCUT2D eigenvalue weighted by Crippen LogP contribution is -2.47. The molecule has 1 aliphatic heterocycles. The molecule has 0 N–H and O–H groups in total. The van der Waals surface area contributed by atoms with E-state index < -0.39 is 5.82 Å². The van der Waals surface area contributed by atoms with Gasteiger partial charge in [-0.3, -0.25) is 9.59 Å². The zero-order valence-corrected chi connectivity index (χ0v) is 19.8. The first-order chi connectivity index (χ1) is 16.5. The molecule has 0 saturated heterocycles. The van der Waals surface area contributed by atoms with Crippen molar-refractivity contribution >= 4 is 23.2 Å². The fourth-order valence-electron chi connectivity index (χ4n) is 4.83. The van der Waals surface area contributed by atoms with Gasteiger partial charge in [-0.2, -0.15) is 0 Å². The number of hydrogen-bond donors (Lipinski definition) is 0. The second-order valence-corrected chi connectivity index (χ2v) is 8.90. The lowest BCUT2D eigenvalue weighted by atomic mass is 9.89. The maximum atomic E-state index is 13.8. The smallest absolute Gasteiger partial charge is 0.258 e. The fraction of sp³-hybridized carbons (Fsp3) is 0.310. The van der Waals surface area contributed by atoms with E-state index in [2.05, 4.69) is 6.92 Å². The average Bonchev–Trinajstić information content (AvgIpc) is 2.85. The third kappa shape index (κ3) is 4.89. The Morgan fingerprint density at radius 2 is 1.71 bits per heavy atom. The highest BCUT2D eigenvalue weighted by Crippen LogP contribution is 2.43. The van der Waals surface area contributed by atoms with Crippen LogP contribution in [0.15, 0.2) is 78.9 Å². The largest absolute Gasteiger partial charge is 0.305 e. The van der Waals surface area contributed by atoms with Crippen LogP contribution in [0.3, 0.4) is 0 Å². The summed E-state index contributed by atoms with van der Waals surface area (Å²) in [6.07, 6.45) is 4.00. The van der Waals surface area contributed by atoms with Crippen LogP contribution in [0, 0.1) is 5.82 Å². The zero-order chi connectivity index (χ0) is 24.1. The molecule has 34 heavy (non-hydrogen) atoms. The standard InChI is InChI=1S/C29H31FN2O2/c1-3-4-6-18-28(33)32(24-14-7-5-8-15-24)27-19-21(2)31(26-17-10-9-16-25(26)27)29(34)22-12-11-13-23(30)20-22/h5,7-17,20-21,27H,3-4,6,18-19H2,1-2H3/t21-,27-/m1/s1. The maximum Gasteiger partial charge on any atom is 0.258 e. The van der Waals surface area contributed by atoms with E-state index in [0.717, 1.165) is 36.2 Å². The van der Waals surface area contributed by atoms with E-state index in [1.807, 2.05) is 66.4 Å². The summed E-state index contributed by atoms with van der Waals surface area (Å²) in [6, 6.07) is 23.0. The molecule has 0 bridgehead atoms. The number of anilines is 2. The second kappa shape index (κ2) is 10.6. The van der Waals surface area contributed by atoms with Crippen LogP contribution < -0.4 is 9.80 Å². The zero-order valence-electron chi connectivity index (χ0n) is 19.8. The van der Waals surface area contributed by atoms with E-state index in [4.69, 9.17) is 0 Å². The number of unbranched alkanes of at least 4 members (excludes halogenated alkanes) is 2. The Balaban J connectivity index is 1.74. The Kier molecular flexibility index (Phi) is 7.41. The van der Waals surface area contributed by atoms with Crippen molar-refractivity contribution in [3.63, 3.8) is 0 Å². The van der Waals surface area contributed by atoms with Crippen molar-refractivity contribution in [1.29, 1.82) is 0 Å². The van der Waals surface area contributed by atoms with Crippen molar-refractivity contribution in [1.82, 2.24) is 0 Å². The molecule has 0 unspecified atom stereocenters. The van der Waals surface area contributed by atoms with Crippen molar-refractivity contribution in [3.05, 3.63) is 95.8 Å². The van der Waals surface area contributed by atoms with Crippen LogP contribution in [0.25, 0.3) is 0 Å². The summed E-state index contributed by atoms with van der Waals surface area (Å²) < 4.78 is 13.8. The van der Waals surface area contributed by atoms with Gasteiger partial charge in [0.25, 0.3) is 5.91 Å². The topological polar surface area (TPSA) is 40.6 Å². The molecule has 0 aromatic heterocycles. The molecule has 176 valence electrons. The molecule has 1 heterocycles. The Labute approximate surface area is 201 Å². The number of benzene rings is 3. The molecule has 2 amide bonds. The first-order valence-corrected chi connectivity index (χ1v) is 12.1. The highest BCUT2D eigenvalue weighted by Gasteiger charge is 2.38. The third-order valence-electron chi connectivity index (χ3n) is 6.46. The van der Waals surface area contributed by atoms with Gasteiger partial charge in [0.05, 0.1) is 6.04 Å². The van der Waals surface area contributed by atoms with Gasteiger partial charge in [-0.05, 0) is 61.7 Å². The quantitative estimate of drug-likeness (QED) is 0.361. The summed E-state index contributed by atoms with van der Waals surface area (Å²) >= 11 is 0. The van der Waals surface area contributed by atoms with E-state index in [1.54, 1.807) is 17.0 Å². The molecule has 3 aromatic carbocycles. The van der Waals surface area contributed by atoms with Gasteiger partial charge in [-0.1, -0.05) is 62.2 Å². The van der Waals surface area contributed by atoms with Gasteiger partial charge in [-0.15, -0.1) is 0 Å². The Morgan fingerprint density at radius 3 is 2.44 bits per heavy atom. The van der Waals surface area contributed by atoms with Crippen LogP contribution in [-0.2, 0) is 4.79 Å². The van der Waals surface area contributed by atoms with Gasteiger partial charge < -0.3 is 9.80 Å². The van der Waals surface area contributed by atoms with Gasteiger partial charge in [0.15, 0.2) is 0 Å². The van der Waals surface area contributed by atoms with Crippen LogP contribution in [0.2, 0.25) is 0 Å². The summed E-state index contributed by atoms with van der Waals surface area (Å²) in [4.78, 5) is 30.6. The summed E-state index contributed by atoms with van der Waals surface area (Å²) in [5.41, 5.74) is 2.87. The Bertz CT molecular complexity index is 1150. The van der Waals surface area contributed by atoms with Crippen molar-refractivity contribution < 1.29 is 14.0 Å². The van der Waals surface area contributed by atoms with Gasteiger partial charge in [0, 0.05) is 29.4 Å². The lowest BCUT2D eigenvalue weighted by molar-refractivity contribution is -0.119. The third-order valence-corrected chi connectivity index (χ3v) is 6.46. The van der Waals surface area contributed by atoms with E-state index in [9.17, 15) is 14.0 Å². The van der Waals surface area contributed by atoms with E-state index in [-0.39, 0.29) is 23.9 Å². The number of carbonyl (C=O) groups excluding carboxylic acids is 2. The van der Waals surface area contributed by atoms with E-state index >= 15 is 0 Å². The molecule has 5 heteroatoms. The Morgan fingerprint density at radius 1 is 0.971 bits per heavy atom. The molecule has 0 radical (unpaired) electrons. The van der Waals surface area contributed by atoms with Crippen LogP contribution in [-0.4, -0.2) is 17.9 Å². The second-order valence-electron chi connectivity index (χ2n) is 8.90. The number of fused-ring (bicyclic) bond motifs is 1. The fourth-order valence-corrected chi connectivity index (χ4v) is 4.83. The van der Waals surface area contributed by atoms with Crippen LogP contribution in [0.1, 0.15) is 67.9 Å². The van der Waals surface area contributed by atoms with E-state index in [0.29, 0.717) is 18.4 Å². The minimum absolute atomic E-state index is 0.0940. The molecular weight excluding hydrogens is 427 g/mol. The molecule has 0 saturated carbocycles. The van der Waals surface area contributed by atoms with Crippen molar-refractivity contribution in [3.8, 4) is 0 Å². The number of rotatable bonds is 7. The van der Waals surface area contributed by atoms with Gasteiger partial charge in [-0.25, -0.2) is 4.39 Å². The highest BCUT2D eigenvalue weighted by atomic mass is 19.1. The number of halogens is 1. The molecule has 0 aliphatic carbocycles. The normalized spacial score (nSPS) is 17.2. The van der Waals surface area contributed by atoms with Crippen LogP contribution in [0.5, 0.6) is 0 Å². The molecular formula is C29H31FN2O2. The Hall–Kier alpha value is -3.47. The minimum Gasteiger partial charge on any atom is -0.305 e. The van der Waals surface area contributed by atoms with Crippen LogP contribution in [0.4, 0.5) is 15.8 Å². The lowest BCUT2D eigenvalue weighted by Gasteiger charge is -2.43. The molecule has 3 aromatic rings.